The average molecular weight is 268 g/mol. The molecule has 98 valence electrons. The first-order valence-electron chi connectivity index (χ1n) is 6.06. The molecule has 2 rings (SSSR count). The summed E-state index contributed by atoms with van der Waals surface area (Å²) in [6, 6.07) is 3.70. The Morgan fingerprint density at radius 2 is 2.17 bits per heavy atom. The fourth-order valence-electron chi connectivity index (χ4n) is 1.98. The Hall–Kier alpha value is -1.26. The van der Waals surface area contributed by atoms with Crippen molar-refractivity contribution in [3.05, 3.63) is 40.6 Å². The third-order valence-electron chi connectivity index (χ3n) is 3.07. The third kappa shape index (κ3) is 2.44. The number of halogens is 1. The second-order valence-corrected chi connectivity index (χ2v) is 4.92. The molecule has 0 aromatic carbocycles. The molecule has 0 radical (unpaired) electrons. The first-order chi connectivity index (χ1) is 8.52. The van der Waals surface area contributed by atoms with Crippen molar-refractivity contribution in [2.75, 3.05) is 0 Å². The number of aryl methyl sites for hydroxylation is 2. The fraction of sp³-hybridized carbons (Fsp3) is 0.462. The molecule has 0 spiro atoms. The molecule has 0 aliphatic carbocycles. The maximum atomic E-state index is 6.19. The quantitative estimate of drug-likeness (QED) is 0.926. The molecule has 0 aliphatic heterocycles. The number of nitrogens with two attached hydrogens (primary N) is 1. The lowest BCUT2D eigenvalue weighted by molar-refractivity contribution is 0.344. The van der Waals surface area contributed by atoms with Crippen LogP contribution in [0.25, 0.3) is 0 Å². The highest BCUT2D eigenvalue weighted by molar-refractivity contribution is 6.31. The standard InChI is InChI=1S/C13H18ClN3O/c1-4-11(15)13(12-6-5-8(2)18-12)17-7-10(14)9(3)16-17/h5-7,11,13H,4,15H2,1-3H3. The smallest absolute Gasteiger partial charge is 0.130 e. The predicted octanol–water partition coefficient (Wildman–Crippen LogP) is 3.07. The minimum absolute atomic E-state index is 0.0640. The van der Waals surface area contributed by atoms with Crippen molar-refractivity contribution in [2.24, 2.45) is 5.73 Å². The minimum Gasteiger partial charge on any atom is -0.464 e. The van der Waals surface area contributed by atoms with Gasteiger partial charge in [0.2, 0.25) is 0 Å². The largest absolute Gasteiger partial charge is 0.464 e. The molecular formula is C13H18ClN3O. The van der Waals surface area contributed by atoms with E-state index in [1.807, 2.05) is 32.9 Å². The Balaban J connectivity index is 2.42. The van der Waals surface area contributed by atoms with Gasteiger partial charge in [0.05, 0.1) is 10.7 Å². The molecule has 2 N–H and O–H groups in total. The second-order valence-electron chi connectivity index (χ2n) is 4.51. The number of rotatable bonds is 4. The monoisotopic (exact) mass is 267 g/mol. The molecule has 0 aliphatic rings. The molecule has 0 saturated carbocycles. The maximum Gasteiger partial charge on any atom is 0.130 e. The molecule has 0 fully saturated rings. The van der Waals surface area contributed by atoms with Gasteiger partial charge in [0, 0.05) is 12.2 Å². The first kappa shape index (κ1) is 13.2. The molecule has 2 aromatic heterocycles. The first-order valence-corrected chi connectivity index (χ1v) is 6.44. The number of furan rings is 1. The van der Waals surface area contributed by atoms with Gasteiger partial charge in [0.1, 0.15) is 17.6 Å². The van der Waals surface area contributed by atoms with Gasteiger partial charge in [0.25, 0.3) is 0 Å². The van der Waals surface area contributed by atoms with E-state index in [1.165, 1.54) is 0 Å². The Labute approximate surface area is 112 Å². The van der Waals surface area contributed by atoms with Gasteiger partial charge >= 0.3 is 0 Å². The molecular weight excluding hydrogens is 250 g/mol. The van der Waals surface area contributed by atoms with Gasteiger partial charge in [0.15, 0.2) is 0 Å². The van der Waals surface area contributed by atoms with Gasteiger partial charge in [-0.2, -0.15) is 5.10 Å². The van der Waals surface area contributed by atoms with Crippen LogP contribution in [0, 0.1) is 13.8 Å². The fourth-order valence-corrected chi connectivity index (χ4v) is 2.11. The van der Waals surface area contributed by atoms with Crippen molar-refractivity contribution >= 4 is 11.6 Å². The number of nitrogens with zero attached hydrogens (tertiary/aromatic N) is 2. The summed E-state index contributed by atoms with van der Waals surface area (Å²) in [5, 5.41) is 5.05. The molecule has 0 bridgehead atoms. The van der Waals surface area contributed by atoms with Crippen molar-refractivity contribution in [3.63, 3.8) is 0 Å². The van der Waals surface area contributed by atoms with Gasteiger partial charge < -0.3 is 10.2 Å². The SMILES string of the molecule is CCC(N)C(c1ccc(C)o1)n1cc(Cl)c(C)n1. The lowest BCUT2D eigenvalue weighted by Gasteiger charge is -2.21. The van der Waals surface area contributed by atoms with Crippen LogP contribution in [0.5, 0.6) is 0 Å². The predicted molar refractivity (Wildman–Crippen MR) is 71.8 cm³/mol. The second kappa shape index (κ2) is 5.16. The van der Waals surface area contributed by atoms with E-state index in [9.17, 15) is 0 Å². The third-order valence-corrected chi connectivity index (χ3v) is 3.44. The van der Waals surface area contributed by atoms with Crippen LogP contribution in [-0.4, -0.2) is 15.8 Å². The molecule has 4 nitrogen and oxygen atoms in total. The summed E-state index contributed by atoms with van der Waals surface area (Å²) in [5.74, 6) is 1.69. The molecule has 2 unspecified atom stereocenters. The van der Waals surface area contributed by atoms with Crippen molar-refractivity contribution < 1.29 is 4.42 Å². The van der Waals surface area contributed by atoms with E-state index in [-0.39, 0.29) is 12.1 Å². The highest BCUT2D eigenvalue weighted by Crippen LogP contribution is 2.26. The Kier molecular flexibility index (Phi) is 3.78. The van der Waals surface area contributed by atoms with Gasteiger partial charge in [-0.15, -0.1) is 0 Å². The number of hydrogen-bond donors (Lipinski definition) is 1. The van der Waals surface area contributed by atoms with Gasteiger partial charge in [-0.05, 0) is 32.4 Å². The summed E-state index contributed by atoms with van der Waals surface area (Å²) in [4.78, 5) is 0. The van der Waals surface area contributed by atoms with E-state index in [0.717, 1.165) is 23.6 Å². The van der Waals surface area contributed by atoms with Crippen molar-refractivity contribution in [1.29, 1.82) is 0 Å². The summed E-state index contributed by atoms with van der Waals surface area (Å²) >= 11 is 6.06. The van der Waals surface area contributed by atoms with Crippen LogP contribution in [0.4, 0.5) is 0 Å². The molecule has 2 heterocycles. The summed E-state index contributed by atoms with van der Waals surface area (Å²) < 4.78 is 7.48. The van der Waals surface area contributed by atoms with Crippen LogP contribution in [0.2, 0.25) is 5.02 Å². The van der Waals surface area contributed by atoms with Crippen LogP contribution in [-0.2, 0) is 0 Å². The topological polar surface area (TPSA) is 57.0 Å². The van der Waals surface area contributed by atoms with Crippen molar-refractivity contribution in [1.82, 2.24) is 9.78 Å². The molecule has 2 atom stereocenters. The van der Waals surface area contributed by atoms with Crippen LogP contribution in [0.3, 0.4) is 0 Å². The van der Waals surface area contributed by atoms with E-state index in [2.05, 4.69) is 5.10 Å². The van der Waals surface area contributed by atoms with E-state index in [0.29, 0.717) is 5.02 Å². The van der Waals surface area contributed by atoms with E-state index in [4.69, 9.17) is 21.8 Å². The summed E-state index contributed by atoms with van der Waals surface area (Å²) in [7, 11) is 0. The molecule has 5 heteroatoms. The lowest BCUT2D eigenvalue weighted by atomic mass is 10.0. The Bertz CT molecular complexity index is 513. The van der Waals surface area contributed by atoms with Gasteiger partial charge in [-0.3, -0.25) is 4.68 Å². The minimum atomic E-state index is -0.116. The molecule has 18 heavy (non-hydrogen) atoms. The zero-order chi connectivity index (χ0) is 13.3. The van der Waals surface area contributed by atoms with Crippen LogP contribution < -0.4 is 5.73 Å². The summed E-state index contributed by atoms with van der Waals surface area (Å²) in [6.45, 7) is 5.84. The molecule has 2 aromatic rings. The normalized spacial score (nSPS) is 14.7. The maximum absolute atomic E-state index is 6.19. The summed E-state index contributed by atoms with van der Waals surface area (Å²) in [6.07, 6.45) is 2.63. The Morgan fingerprint density at radius 1 is 1.44 bits per heavy atom. The van der Waals surface area contributed by atoms with E-state index in [1.54, 1.807) is 10.9 Å². The molecule has 0 amide bonds. The lowest BCUT2D eigenvalue weighted by Crippen LogP contribution is -2.32. The zero-order valence-corrected chi connectivity index (χ0v) is 11.6. The van der Waals surface area contributed by atoms with Crippen LogP contribution in [0.15, 0.2) is 22.7 Å². The summed E-state index contributed by atoms with van der Waals surface area (Å²) in [5.41, 5.74) is 6.99. The van der Waals surface area contributed by atoms with Gasteiger partial charge in [-0.1, -0.05) is 18.5 Å². The highest BCUT2D eigenvalue weighted by atomic mass is 35.5. The molecule has 0 saturated heterocycles. The van der Waals surface area contributed by atoms with Crippen LogP contribution in [0.1, 0.15) is 36.6 Å². The van der Waals surface area contributed by atoms with Crippen molar-refractivity contribution in [2.45, 2.75) is 39.3 Å². The number of aromatic nitrogens is 2. The van der Waals surface area contributed by atoms with E-state index < -0.39 is 0 Å². The highest BCUT2D eigenvalue weighted by Gasteiger charge is 2.25. The average Bonchev–Trinajstić information content (AvgIpc) is 2.87. The number of hydrogen-bond acceptors (Lipinski definition) is 3. The van der Waals surface area contributed by atoms with Crippen LogP contribution >= 0.6 is 11.6 Å². The van der Waals surface area contributed by atoms with E-state index >= 15 is 0 Å². The van der Waals surface area contributed by atoms with Gasteiger partial charge in [-0.25, -0.2) is 0 Å². The Morgan fingerprint density at radius 3 is 2.61 bits per heavy atom. The van der Waals surface area contributed by atoms with Crippen molar-refractivity contribution in [3.8, 4) is 0 Å². The zero-order valence-electron chi connectivity index (χ0n) is 10.9.